The Hall–Kier alpha value is -0.0900. The molecule has 0 fully saturated rings. The molecule has 0 bridgehead atoms. The number of alkyl halides is 1. The van der Waals surface area contributed by atoms with Crippen LogP contribution in [0.15, 0.2) is 72.8 Å². The zero-order chi connectivity index (χ0) is 34.7. The van der Waals surface area contributed by atoms with E-state index in [1.807, 2.05) is 42.5 Å². The Labute approximate surface area is 332 Å². The molecule has 0 aromatic heterocycles. The van der Waals surface area contributed by atoms with Gasteiger partial charge >= 0.3 is 0 Å². The van der Waals surface area contributed by atoms with Gasteiger partial charge in [-0.15, -0.1) is 11.6 Å². The van der Waals surface area contributed by atoms with E-state index in [1.54, 1.807) is 24.3 Å². The van der Waals surface area contributed by atoms with Gasteiger partial charge in [0, 0.05) is 43.8 Å². The van der Waals surface area contributed by atoms with Crippen molar-refractivity contribution >= 4 is 123 Å². The fourth-order valence-corrected chi connectivity index (χ4v) is 7.79. The highest BCUT2D eigenvalue weighted by Gasteiger charge is 2.27. The number of benzene rings is 4. The summed E-state index contributed by atoms with van der Waals surface area (Å²) >= 11 is 33.1. The molecule has 4 aromatic rings. The molecule has 0 saturated heterocycles. The Bertz CT molecular complexity index is 1710. The van der Waals surface area contributed by atoms with Crippen LogP contribution >= 0.6 is 114 Å². The third kappa shape index (κ3) is 13.5. The van der Waals surface area contributed by atoms with Crippen molar-refractivity contribution in [3.63, 3.8) is 0 Å². The van der Waals surface area contributed by atoms with Crippen molar-refractivity contribution in [3.05, 3.63) is 133 Å². The summed E-state index contributed by atoms with van der Waals surface area (Å²) in [7, 11) is 1.63. The van der Waals surface area contributed by atoms with Crippen LogP contribution in [0, 0.1) is 7.14 Å². The van der Waals surface area contributed by atoms with E-state index in [0.717, 1.165) is 45.9 Å². The highest BCUT2D eigenvalue weighted by Crippen LogP contribution is 2.35. The van der Waals surface area contributed by atoms with E-state index < -0.39 is 15.2 Å². The molecule has 0 radical (unpaired) electrons. The predicted octanol–water partition coefficient (Wildman–Crippen LogP) is 11.9. The maximum atomic E-state index is 10.9. The molecule has 2 unspecified atom stereocenters. The number of ether oxygens (including phenoxy) is 2. The number of hydrogen-bond acceptors (Lipinski definition) is 5. The number of halogens is 8. The molecule has 14 heteroatoms. The van der Waals surface area contributed by atoms with Crippen molar-refractivity contribution in [1.29, 1.82) is 0 Å². The molecule has 2 aliphatic rings. The predicted molar refractivity (Wildman–Crippen MR) is 212 cm³/mol. The first kappa shape index (κ1) is 41.3. The molecule has 0 saturated carbocycles. The van der Waals surface area contributed by atoms with Crippen LogP contribution < -0.4 is 0 Å². The highest BCUT2D eigenvalue weighted by molar-refractivity contribution is 14.1. The third-order valence-corrected chi connectivity index (χ3v) is 11.2. The third-order valence-electron chi connectivity index (χ3n) is 6.83. The van der Waals surface area contributed by atoms with Crippen LogP contribution in [0.25, 0.3) is 0 Å². The van der Waals surface area contributed by atoms with E-state index in [-0.39, 0.29) is 18.5 Å². The lowest BCUT2D eigenvalue weighted by Gasteiger charge is -2.08. The van der Waals surface area contributed by atoms with Crippen molar-refractivity contribution in [3.8, 4) is 0 Å². The molecule has 4 aromatic carbocycles. The van der Waals surface area contributed by atoms with Gasteiger partial charge < -0.3 is 14.6 Å². The Morgan fingerprint density at radius 1 is 0.723 bits per heavy atom. The van der Waals surface area contributed by atoms with Gasteiger partial charge in [-0.25, -0.2) is 8.42 Å². The van der Waals surface area contributed by atoms with E-state index in [9.17, 15) is 8.42 Å². The van der Waals surface area contributed by atoms with Crippen molar-refractivity contribution in [1.82, 2.24) is 0 Å². The number of aliphatic hydroxyl groups is 1. The SMILES string of the molecule is CCC1OCc2cc(Cl)ccc21.ClCc1cc(Cl)ccc1I.O=S(=O)(Cl)CC1OCc2cc(Cl)ccc21.OCc1cc(Cl)ccc1I. The van der Waals surface area contributed by atoms with Crippen molar-refractivity contribution in [2.75, 3.05) is 5.75 Å². The van der Waals surface area contributed by atoms with E-state index in [1.165, 1.54) is 11.1 Å². The maximum absolute atomic E-state index is 10.9. The van der Waals surface area contributed by atoms with E-state index >= 15 is 0 Å². The summed E-state index contributed by atoms with van der Waals surface area (Å²) in [5.74, 6) is 0.321. The second kappa shape index (κ2) is 20.1. The van der Waals surface area contributed by atoms with Gasteiger partial charge in [-0.1, -0.05) is 65.5 Å². The Morgan fingerprint density at radius 2 is 1.15 bits per heavy atom. The monoisotopic (exact) mass is 1000 g/mol. The molecule has 47 heavy (non-hydrogen) atoms. The quantitative estimate of drug-likeness (QED) is 0.123. The Kier molecular flexibility index (Phi) is 17.7. The second-order valence-electron chi connectivity index (χ2n) is 10.2. The summed E-state index contributed by atoms with van der Waals surface area (Å²) in [5.41, 5.74) is 6.30. The average Bonchev–Trinajstić information content (AvgIpc) is 3.62. The lowest BCUT2D eigenvalue weighted by molar-refractivity contribution is 0.0636. The van der Waals surface area contributed by atoms with Crippen molar-refractivity contribution in [2.45, 2.75) is 51.3 Å². The first-order valence-electron chi connectivity index (χ1n) is 14.0. The average molecular weight is 1010 g/mol. The summed E-state index contributed by atoms with van der Waals surface area (Å²) in [4.78, 5) is 0. The summed E-state index contributed by atoms with van der Waals surface area (Å²) in [6, 6.07) is 22.4. The van der Waals surface area contributed by atoms with Crippen LogP contribution in [-0.2, 0) is 44.2 Å². The van der Waals surface area contributed by atoms with Gasteiger partial charge in [0.15, 0.2) is 0 Å². The lowest BCUT2D eigenvalue weighted by Crippen LogP contribution is -2.08. The summed E-state index contributed by atoms with van der Waals surface area (Å²) in [6.45, 7) is 3.29. The first-order chi connectivity index (χ1) is 22.2. The van der Waals surface area contributed by atoms with Crippen LogP contribution in [0.5, 0.6) is 0 Å². The molecule has 2 heterocycles. The van der Waals surface area contributed by atoms with Crippen LogP contribution in [0.3, 0.4) is 0 Å². The zero-order valence-electron chi connectivity index (χ0n) is 24.8. The Morgan fingerprint density at radius 3 is 1.57 bits per heavy atom. The fourth-order valence-electron chi connectivity index (χ4n) is 4.55. The van der Waals surface area contributed by atoms with Gasteiger partial charge in [-0.2, -0.15) is 0 Å². The molecule has 254 valence electrons. The Balaban J connectivity index is 0.000000173. The van der Waals surface area contributed by atoms with E-state index in [2.05, 4.69) is 58.2 Å². The number of fused-ring (bicyclic) bond motifs is 2. The molecular weight excluding hydrogens is 975 g/mol. The van der Waals surface area contributed by atoms with Gasteiger partial charge in [0.2, 0.25) is 9.05 Å². The van der Waals surface area contributed by atoms with Crippen LogP contribution in [0.4, 0.5) is 0 Å². The molecule has 0 amide bonds. The molecular formula is C33H30Cl6I2O5S. The lowest BCUT2D eigenvalue weighted by atomic mass is 10.0. The number of aliphatic hydroxyl groups excluding tert-OH is 1. The zero-order valence-corrected chi connectivity index (χ0v) is 34.5. The van der Waals surface area contributed by atoms with Gasteiger partial charge in [0.05, 0.1) is 37.8 Å². The number of hydrogen-bond donors (Lipinski definition) is 1. The fraction of sp³-hybridized carbons (Fsp3) is 0.273. The molecule has 5 nitrogen and oxygen atoms in total. The topological polar surface area (TPSA) is 72.8 Å². The minimum absolute atomic E-state index is 0.0544. The highest BCUT2D eigenvalue weighted by atomic mass is 127. The van der Waals surface area contributed by atoms with Crippen LogP contribution in [0.2, 0.25) is 20.1 Å². The smallest absolute Gasteiger partial charge is 0.235 e. The first-order valence-corrected chi connectivity index (χ1v) is 20.7. The van der Waals surface area contributed by atoms with Gasteiger partial charge in [-0.05, 0) is 146 Å². The minimum Gasteiger partial charge on any atom is -0.392 e. The molecule has 1 N–H and O–H groups in total. The molecule has 6 rings (SSSR count). The number of rotatable bonds is 5. The van der Waals surface area contributed by atoms with Crippen molar-refractivity contribution in [2.24, 2.45) is 0 Å². The standard InChI is InChI=1S/C10H11ClO.C9H8Cl2O3S.C7H5Cl2I.C7H6ClIO/c1-2-10-9-4-3-8(11)5-7(9)6-12-10;10-7-1-2-8-6(3-7)4-14-9(8)5-15(11,12)13;8-4-5-3-6(9)1-2-7(5)10;8-6-1-2-7(9)5(3-6)4-10/h3-5,10H,2,6H2,1H3;1-3,9H,4-5H2;1-3H,4H2;1-3,10H,4H2. The van der Waals surface area contributed by atoms with E-state index in [4.69, 9.17) is 83.3 Å². The van der Waals surface area contributed by atoms with Crippen LogP contribution in [-0.4, -0.2) is 19.3 Å². The van der Waals surface area contributed by atoms with Gasteiger partial charge in [-0.3, -0.25) is 0 Å². The minimum atomic E-state index is -3.55. The second-order valence-corrected chi connectivity index (χ2v) is 17.3. The molecule has 2 aliphatic heterocycles. The van der Waals surface area contributed by atoms with E-state index in [0.29, 0.717) is 29.1 Å². The molecule has 0 spiro atoms. The summed E-state index contributed by atoms with van der Waals surface area (Å²) in [6.07, 6.45) is 0.853. The summed E-state index contributed by atoms with van der Waals surface area (Å²) in [5, 5.41) is 11.6. The maximum Gasteiger partial charge on any atom is 0.235 e. The summed E-state index contributed by atoms with van der Waals surface area (Å²) < 4.78 is 35.0. The molecule has 0 aliphatic carbocycles. The largest absolute Gasteiger partial charge is 0.392 e. The molecule has 2 atom stereocenters. The van der Waals surface area contributed by atoms with Crippen molar-refractivity contribution < 1.29 is 23.0 Å². The van der Waals surface area contributed by atoms with Gasteiger partial charge in [0.25, 0.3) is 0 Å². The normalized spacial score (nSPS) is 16.0. The van der Waals surface area contributed by atoms with Crippen LogP contribution in [0.1, 0.15) is 58.9 Å². The van der Waals surface area contributed by atoms with Gasteiger partial charge in [0.1, 0.15) is 0 Å².